The number of thiazole rings is 1. The van der Waals surface area contributed by atoms with Crippen LogP contribution in [0.4, 0.5) is 0 Å². The van der Waals surface area contributed by atoms with Gasteiger partial charge in [0.05, 0.1) is 12.1 Å². The molecule has 5 heteroatoms. The minimum atomic E-state index is -0.0873. The molecule has 0 spiro atoms. The monoisotopic (exact) mass is 327 g/mol. The maximum atomic E-state index is 12.0. The highest BCUT2D eigenvalue weighted by Crippen LogP contribution is 2.21. The summed E-state index contributed by atoms with van der Waals surface area (Å²) in [5.74, 6) is -0.0873. The molecule has 23 heavy (non-hydrogen) atoms. The summed E-state index contributed by atoms with van der Waals surface area (Å²) in [5.41, 5.74) is 5.82. The largest absolute Gasteiger partial charge is 0.273 e. The van der Waals surface area contributed by atoms with E-state index in [1.807, 2.05) is 35.7 Å². The summed E-state index contributed by atoms with van der Waals surface area (Å²) < 4.78 is 0. The average molecular weight is 327 g/mol. The predicted molar refractivity (Wildman–Crippen MR) is 94.5 cm³/mol. The first-order valence-electron chi connectivity index (χ1n) is 8.15. The Kier molecular flexibility index (Phi) is 5.53. The van der Waals surface area contributed by atoms with E-state index in [0.717, 1.165) is 34.8 Å². The molecule has 0 radical (unpaired) electrons. The number of benzene rings is 1. The average Bonchev–Trinajstić information content (AvgIpc) is 2.88. The van der Waals surface area contributed by atoms with Crippen molar-refractivity contribution in [1.29, 1.82) is 0 Å². The molecule has 3 rings (SSSR count). The van der Waals surface area contributed by atoms with Crippen molar-refractivity contribution >= 4 is 23.0 Å². The Labute approximate surface area is 140 Å². The van der Waals surface area contributed by atoms with E-state index in [4.69, 9.17) is 0 Å². The first-order valence-corrected chi connectivity index (χ1v) is 9.03. The molecule has 0 unspecified atom stereocenters. The van der Waals surface area contributed by atoms with Crippen molar-refractivity contribution in [2.24, 2.45) is 5.10 Å². The van der Waals surface area contributed by atoms with Gasteiger partial charge in [0.25, 0.3) is 0 Å². The lowest BCUT2D eigenvalue weighted by atomic mass is 10.2. The lowest BCUT2D eigenvalue weighted by molar-refractivity contribution is -0.120. The molecule has 1 aliphatic rings. The molecule has 0 atom stereocenters. The molecule has 1 aromatic heterocycles. The zero-order valence-corrected chi connectivity index (χ0v) is 13.9. The zero-order valence-electron chi connectivity index (χ0n) is 13.1. The zero-order chi connectivity index (χ0) is 15.9. The lowest BCUT2D eigenvalue weighted by Crippen LogP contribution is -2.21. The van der Waals surface area contributed by atoms with Crippen molar-refractivity contribution in [3.05, 3.63) is 40.7 Å². The summed E-state index contributed by atoms with van der Waals surface area (Å²) in [6.07, 6.45) is 7.21. The molecular weight excluding hydrogens is 306 g/mol. The maximum Gasteiger partial charge on any atom is 0.246 e. The normalized spacial score (nSPS) is 15.0. The Morgan fingerprint density at radius 3 is 2.61 bits per heavy atom. The molecule has 1 aliphatic carbocycles. The van der Waals surface area contributed by atoms with E-state index in [1.165, 1.54) is 37.0 Å². The summed E-state index contributed by atoms with van der Waals surface area (Å²) in [6, 6.07) is 10.0. The predicted octanol–water partition coefficient (Wildman–Crippen LogP) is 4.18. The molecule has 1 heterocycles. The van der Waals surface area contributed by atoms with Gasteiger partial charge < -0.3 is 0 Å². The van der Waals surface area contributed by atoms with Crippen LogP contribution in [0.3, 0.4) is 0 Å². The molecule has 120 valence electrons. The van der Waals surface area contributed by atoms with Gasteiger partial charge in [-0.2, -0.15) is 5.10 Å². The smallest absolute Gasteiger partial charge is 0.246 e. The van der Waals surface area contributed by atoms with E-state index in [9.17, 15) is 4.79 Å². The number of nitrogens with zero attached hydrogens (tertiary/aromatic N) is 2. The van der Waals surface area contributed by atoms with Gasteiger partial charge in [0.15, 0.2) is 0 Å². The van der Waals surface area contributed by atoms with Gasteiger partial charge in [-0.25, -0.2) is 10.4 Å². The number of nitrogens with one attached hydrogen (secondary N) is 1. The maximum absolute atomic E-state index is 12.0. The Morgan fingerprint density at radius 2 is 1.87 bits per heavy atom. The quantitative estimate of drug-likeness (QED) is 0.676. The van der Waals surface area contributed by atoms with Crippen LogP contribution in [0.1, 0.15) is 43.5 Å². The van der Waals surface area contributed by atoms with E-state index in [-0.39, 0.29) is 12.3 Å². The molecule has 4 nitrogen and oxygen atoms in total. The number of hydrogen-bond acceptors (Lipinski definition) is 4. The number of carbonyl (C=O) groups is 1. The first kappa shape index (κ1) is 15.9. The van der Waals surface area contributed by atoms with E-state index < -0.39 is 0 Å². The summed E-state index contributed by atoms with van der Waals surface area (Å²) in [4.78, 5) is 16.6. The van der Waals surface area contributed by atoms with Crippen LogP contribution in [0.15, 0.2) is 40.8 Å². The SMILES string of the molecule is O=C(Cc1nc(-c2ccccc2)cs1)NN=C1CCCCCC1. The van der Waals surface area contributed by atoms with Gasteiger partial charge in [-0.1, -0.05) is 43.2 Å². The van der Waals surface area contributed by atoms with Crippen LogP contribution < -0.4 is 5.43 Å². The third-order valence-electron chi connectivity index (χ3n) is 3.95. The highest BCUT2D eigenvalue weighted by molar-refractivity contribution is 7.10. The third kappa shape index (κ3) is 4.73. The molecule has 1 N–H and O–H groups in total. The van der Waals surface area contributed by atoms with Crippen LogP contribution in [0.5, 0.6) is 0 Å². The summed E-state index contributed by atoms with van der Waals surface area (Å²) >= 11 is 1.52. The van der Waals surface area contributed by atoms with Gasteiger partial charge >= 0.3 is 0 Å². The van der Waals surface area contributed by atoms with Crippen LogP contribution in [0, 0.1) is 0 Å². The topological polar surface area (TPSA) is 54.4 Å². The molecule has 2 aromatic rings. The molecule has 1 fully saturated rings. The van der Waals surface area contributed by atoms with Crippen LogP contribution in [0.2, 0.25) is 0 Å². The summed E-state index contributed by atoms with van der Waals surface area (Å²) in [6.45, 7) is 0. The van der Waals surface area contributed by atoms with Gasteiger partial charge in [0.1, 0.15) is 5.01 Å². The van der Waals surface area contributed by atoms with Gasteiger partial charge in [0.2, 0.25) is 5.91 Å². The number of hydrazone groups is 1. The Morgan fingerprint density at radius 1 is 1.13 bits per heavy atom. The molecule has 0 saturated heterocycles. The van der Waals surface area contributed by atoms with Crippen molar-refractivity contribution < 1.29 is 4.79 Å². The molecular formula is C18H21N3OS. The lowest BCUT2D eigenvalue weighted by Gasteiger charge is -2.02. The number of hydrogen-bond donors (Lipinski definition) is 1. The molecule has 0 aliphatic heterocycles. The third-order valence-corrected chi connectivity index (χ3v) is 4.80. The number of aromatic nitrogens is 1. The van der Waals surface area contributed by atoms with Crippen molar-refractivity contribution in [3.8, 4) is 11.3 Å². The second-order valence-corrected chi connectivity index (χ2v) is 6.74. The number of amides is 1. The fourth-order valence-corrected chi connectivity index (χ4v) is 3.50. The van der Waals surface area contributed by atoms with Crippen molar-refractivity contribution in [2.45, 2.75) is 44.9 Å². The Balaban J connectivity index is 1.56. The summed E-state index contributed by atoms with van der Waals surface area (Å²) in [5, 5.41) is 7.12. The van der Waals surface area contributed by atoms with Crippen LogP contribution >= 0.6 is 11.3 Å². The second-order valence-electron chi connectivity index (χ2n) is 5.80. The minimum Gasteiger partial charge on any atom is -0.273 e. The van der Waals surface area contributed by atoms with Gasteiger partial charge in [-0.15, -0.1) is 11.3 Å². The Bertz CT molecular complexity index is 669. The number of carbonyl (C=O) groups excluding carboxylic acids is 1. The van der Waals surface area contributed by atoms with Crippen LogP contribution in [-0.2, 0) is 11.2 Å². The molecule has 0 bridgehead atoms. The molecule has 1 saturated carbocycles. The standard InChI is InChI=1S/C18H21N3OS/c22-17(21-20-15-10-6-1-2-7-11-15)12-18-19-16(13-23-18)14-8-4-3-5-9-14/h3-5,8-9,13H,1-2,6-7,10-12H2,(H,21,22). The van der Waals surface area contributed by atoms with Crippen molar-refractivity contribution in [1.82, 2.24) is 10.4 Å². The molecule has 1 amide bonds. The van der Waals surface area contributed by atoms with Crippen LogP contribution in [0.25, 0.3) is 11.3 Å². The van der Waals surface area contributed by atoms with Crippen LogP contribution in [-0.4, -0.2) is 16.6 Å². The van der Waals surface area contributed by atoms with E-state index in [0.29, 0.717) is 0 Å². The van der Waals surface area contributed by atoms with Crippen molar-refractivity contribution in [2.75, 3.05) is 0 Å². The minimum absolute atomic E-state index is 0.0873. The van der Waals surface area contributed by atoms with E-state index >= 15 is 0 Å². The van der Waals surface area contributed by atoms with Gasteiger partial charge in [-0.3, -0.25) is 4.79 Å². The summed E-state index contributed by atoms with van der Waals surface area (Å²) in [7, 11) is 0. The highest BCUT2D eigenvalue weighted by atomic mass is 32.1. The fraction of sp³-hybridized carbons (Fsp3) is 0.389. The fourth-order valence-electron chi connectivity index (χ4n) is 2.70. The van der Waals surface area contributed by atoms with Crippen molar-refractivity contribution in [3.63, 3.8) is 0 Å². The number of rotatable bonds is 4. The Hall–Kier alpha value is -2.01. The van der Waals surface area contributed by atoms with Gasteiger partial charge in [0, 0.05) is 16.7 Å². The molecule has 1 aromatic carbocycles. The van der Waals surface area contributed by atoms with Gasteiger partial charge in [-0.05, 0) is 25.7 Å². The highest BCUT2D eigenvalue weighted by Gasteiger charge is 2.10. The van der Waals surface area contributed by atoms with E-state index in [1.54, 1.807) is 0 Å². The van der Waals surface area contributed by atoms with E-state index in [2.05, 4.69) is 15.5 Å². The first-order chi connectivity index (χ1) is 11.3. The second kappa shape index (κ2) is 8.02.